The second-order valence-corrected chi connectivity index (χ2v) is 8.60. The van der Waals surface area contributed by atoms with Crippen LogP contribution in [-0.4, -0.2) is 50.9 Å². The van der Waals surface area contributed by atoms with E-state index in [9.17, 15) is 10.1 Å². The highest BCUT2D eigenvalue weighted by Crippen LogP contribution is 2.52. The van der Waals surface area contributed by atoms with Gasteiger partial charge in [0.2, 0.25) is 5.91 Å². The molecule has 1 amide bonds. The van der Waals surface area contributed by atoms with Crippen molar-refractivity contribution in [1.82, 2.24) is 19.9 Å². The van der Waals surface area contributed by atoms with Gasteiger partial charge in [-0.25, -0.2) is 9.97 Å². The number of carbonyl (C=O) groups is 1. The molecule has 3 aliphatic rings. The first-order chi connectivity index (χ1) is 13.6. The van der Waals surface area contributed by atoms with Crippen molar-refractivity contribution >= 4 is 22.8 Å². The highest BCUT2D eigenvalue weighted by atomic mass is 16.2. The predicted octanol–water partition coefficient (Wildman–Crippen LogP) is 2.79. The van der Waals surface area contributed by atoms with Gasteiger partial charge in [0, 0.05) is 32.3 Å². The first-order valence-electron chi connectivity index (χ1n) is 10.4. The summed E-state index contributed by atoms with van der Waals surface area (Å²) in [5, 5.41) is 10.5. The lowest BCUT2D eigenvalue weighted by Crippen LogP contribution is -2.58. The Labute approximate surface area is 164 Å². The zero-order valence-corrected chi connectivity index (χ0v) is 16.4. The van der Waals surface area contributed by atoms with Crippen LogP contribution in [0.15, 0.2) is 12.3 Å². The van der Waals surface area contributed by atoms with Crippen LogP contribution in [0.1, 0.15) is 51.3 Å². The number of nitrogens with one attached hydrogen (secondary N) is 1. The summed E-state index contributed by atoms with van der Waals surface area (Å²) >= 11 is 0. The maximum Gasteiger partial charge on any atom is 0.243 e. The molecule has 3 heterocycles. The van der Waals surface area contributed by atoms with Crippen LogP contribution < -0.4 is 4.90 Å². The summed E-state index contributed by atoms with van der Waals surface area (Å²) in [5.74, 6) is 1.93. The molecule has 1 N–H and O–H groups in total. The van der Waals surface area contributed by atoms with Crippen LogP contribution in [0.25, 0.3) is 11.0 Å². The van der Waals surface area contributed by atoms with Gasteiger partial charge >= 0.3 is 0 Å². The quantitative estimate of drug-likeness (QED) is 0.864. The molecule has 1 aliphatic heterocycles. The summed E-state index contributed by atoms with van der Waals surface area (Å²) in [4.78, 5) is 30.2. The zero-order valence-electron chi connectivity index (χ0n) is 16.4. The summed E-state index contributed by atoms with van der Waals surface area (Å²) in [5.41, 5.74) is 0.0493. The zero-order chi connectivity index (χ0) is 19.4. The van der Waals surface area contributed by atoms with Gasteiger partial charge in [0.05, 0.1) is 17.0 Å². The van der Waals surface area contributed by atoms with Gasteiger partial charge in [-0.1, -0.05) is 13.3 Å². The molecule has 7 heteroatoms. The molecule has 28 heavy (non-hydrogen) atoms. The Balaban J connectivity index is 1.43. The number of nitrogens with zero attached hydrogens (tertiary/aromatic N) is 5. The Bertz CT molecular complexity index is 965. The number of hydrogen-bond acceptors (Lipinski definition) is 5. The Morgan fingerprint density at radius 2 is 2.11 bits per heavy atom. The number of carbonyl (C=O) groups excluding carboxylic acids is 1. The first kappa shape index (κ1) is 17.5. The Morgan fingerprint density at radius 3 is 2.79 bits per heavy atom. The summed E-state index contributed by atoms with van der Waals surface area (Å²) < 4.78 is 0. The van der Waals surface area contributed by atoms with Crippen LogP contribution in [0.3, 0.4) is 0 Å². The Hall–Kier alpha value is -2.62. The van der Waals surface area contributed by atoms with E-state index < -0.39 is 5.41 Å². The average Bonchev–Trinajstić information content (AvgIpc) is 3.63. The number of fused-ring (bicyclic) bond motifs is 1. The Kier molecular flexibility index (Phi) is 3.87. The molecule has 7 nitrogen and oxygen atoms in total. The molecule has 0 bridgehead atoms. The summed E-state index contributed by atoms with van der Waals surface area (Å²) in [6, 6.07) is 4.32. The molecular formula is C21H26N6O. The number of anilines is 1. The maximum atomic E-state index is 13.0. The SMILES string of the molecule is CCCCc1nc(N2CCN(C(=O)C3(C#N)CC3)C3(CC3)C2)c2cc[nH]c2n1. The van der Waals surface area contributed by atoms with E-state index in [1.165, 1.54) is 0 Å². The van der Waals surface area contributed by atoms with E-state index in [1.54, 1.807) is 0 Å². The molecule has 1 saturated heterocycles. The predicted molar refractivity (Wildman–Crippen MR) is 106 cm³/mol. The second-order valence-electron chi connectivity index (χ2n) is 8.60. The largest absolute Gasteiger partial charge is 0.352 e. The lowest BCUT2D eigenvalue weighted by Gasteiger charge is -2.43. The minimum absolute atomic E-state index is 0.0604. The molecule has 0 aromatic carbocycles. The molecule has 1 spiro atoms. The highest BCUT2D eigenvalue weighted by molar-refractivity contribution is 5.90. The van der Waals surface area contributed by atoms with E-state index in [1.807, 2.05) is 17.2 Å². The number of rotatable bonds is 5. The highest BCUT2D eigenvalue weighted by Gasteiger charge is 2.60. The van der Waals surface area contributed by atoms with Crippen molar-refractivity contribution < 1.29 is 4.79 Å². The maximum absolute atomic E-state index is 13.0. The second kappa shape index (κ2) is 6.20. The molecule has 0 radical (unpaired) electrons. The van der Waals surface area contributed by atoms with Gasteiger partial charge in [-0.15, -0.1) is 0 Å². The van der Waals surface area contributed by atoms with Crippen LogP contribution in [0.2, 0.25) is 0 Å². The van der Waals surface area contributed by atoms with Gasteiger partial charge in [-0.3, -0.25) is 4.79 Å². The normalized spacial score (nSPS) is 21.7. The van der Waals surface area contributed by atoms with Crippen molar-refractivity contribution in [3.05, 3.63) is 18.1 Å². The smallest absolute Gasteiger partial charge is 0.243 e. The lowest BCUT2D eigenvalue weighted by atomic mass is 10.0. The minimum Gasteiger partial charge on any atom is -0.352 e. The standard InChI is InChI=1S/C21H26N6O/c1-2-3-4-16-24-17-15(5-10-23-17)18(25-16)26-11-12-27(21(14-26)8-9-21)19(28)20(13-22)6-7-20/h5,10H,2-4,6-9,11-12,14H2,1H3,(H,23,24,25). The molecule has 2 aromatic heterocycles. The molecule has 0 atom stereocenters. The lowest BCUT2D eigenvalue weighted by molar-refractivity contribution is -0.138. The van der Waals surface area contributed by atoms with Gasteiger partial charge in [-0.2, -0.15) is 5.26 Å². The number of unbranched alkanes of at least 4 members (excludes halogenated alkanes) is 1. The monoisotopic (exact) mass is 378 g/mol. The summed E-state index contributed by atoms with van der Waals surface area (Å²) in [7, 11) is 0. The number of H-pyrrole nitrogens is 1. The van der Waals surface area contributed by atoms with Crippen LogP contribution in [0.4, 0.5) is 5.82 Å². The van der Waals surface area contributed by atoms with Gasteiger partial charge in [-0.05, 0) is 38.2 Å². The molecular weight excluding hydrogens is 352 g/mol. The fraction of sp³-hybridized carbons (Fsp3) is 0.619. The topological polar surface area (TPSA) is 88.9 Å². The third-order valence-corrected chi connectivity index (χ3v) is 6.59. The van der Waals surface area contributed by atoms with Crippen LogP contribution in [0.5, 0.6) is 0 Å². The molecule has 2 aromatic rings. The van der Waals surface area contributed by atoms with Crippen LogP contribution in [-0.2, 0) is 11.2 Å². The number of nitriles is 1. The molecule has 0 unspecified atom stereocenters. The van der Waals surface area contributed by atoms with Crippen molar-refractivity contribution in [2.75, 3.05) is 24.5 Å². The van der Waals surface area contributed by atoms with E-state index in [0.717, 1.165) is 80.7 Å². The van der Waals surface area contributed by atoms with E-state index in [2.05, 4.69) is 27.9 Å². The van der Waals surface area contributed by atoms with Crippen molar-refractivity contribution in [2.24, 2.45) is 5.41 Å². The van der Waals surface area contributed by atoms with E-state index >= 15 is 0 Å². The minimum atomic E-state index is -0.728. The summed E-state index contributed by atoms with van der Waals surface area (Å²) in [6.07, 6.45) is 8.46. The number of hydrogen-bond donors (Lipinski definition) is 1. The van der Waals surface area contributed by atoms with Crippen LogP contribution >= 0.6 is 0 Å². The molecule has 3 fully saturated rings. The fourth-order valence-corrected chi connectivity index (χ4v) is 4.46. The van der Waals surface area contributed by atoms with Gasteiger partial charge in [0.15, 0.2) is 0 Å². The number of aromatic amines is 1. The first-order valence-corrected chi connectivity index (χ1v) is 10.4. The van der Waals surface area contributed by atoms with E-state index in [-0.39, 0.29) is 11.4 Å². The van der Waals surface area contributed by atoms with Crippen molar-refractivity contribution in [1.29, 1.82) is 5.26 Å². The Morgan fingerprint density at radius 1 is 1.29 bits per heavy atom. The van der Waals surface area contributed by atoms with Crippen molar-refractivity contribution in [3.63, 3.8) is 0 Å². The molecule has 146 valence electrons. The summed E-state index contributed by atoms with van der Waals surface area (Å²) in [6.45, 7) is 4.39. The average molecular weight is 378 g/mol. The van der Waals surface area contributed by atoms with Crippen molar-refractivity contribution in [2.45, 2.75) is 57.4 Å². The van der Waals surface area contributed by atoms with Gasteiger partial charge in [0.25, 0.3) is 0 Å². The molecule has 2 saturated carbocycles. The third-order valence-electron chi connectivity index (χ3n) is 6.59. The molecule has 5 rings (SSSR count). The van der Waals surface area contributed by atoms with Gasteiger partial charge in [0.1, 0.15) is 22.7 Å². The number of aryl methyl sites for hydroxylation is 1. The van der Waals surface area contributed by atoms with Crippen molar-refractivity contribution in [3.8, 4) is 6.07 Å². The number of piperazine rings is 1. The van der Waals surface area contributed by atoms with Crippen LogP contribution in [0, 0.1) is 16.7 Å². The fourth-order valence-electron chi connectivity index (χ4n) is 4.46. The van der Waals surface area contributed by atoms with E-state index in [0.29, 0.717) is 6.54 Å². The van der Waals surface area contributed by atoms with E-state index in [4.69, 9.17) is 4.98 Å². The van der Waals surface area contributed by atoms with Gasteiger partial charge < -0.3 is 14.8 Å². The number of aromatic nitrogens is 3. The third kappa shape index (κ3) is 2.66. The number of amides is 1. The molecule has 2 aliphatic carbocycles.